The maximum absolute atomic E-state index is 12.6. The average Bonchev–Trinajstić information content (AvgIpc) is 3.04. The van der Waals surface area contributed by atoms with Crippen molar-refractivity contribution >= 4 is 16.8 Å². The van der Waals surface area contributed by atoms with E-state index in [1.807, 2.05) is 12.1 Å². The van der Waals surface area contributed by atoms with E-state index in [0.29, 0.717) is 23.9 Å². The highest BCUT2D eigenvalue weighted by molar-refractivity contribution is 6.02. The number of hydrogen-bond acceptors (Lipinski definition) is 4. The fourth-order valence-electron chi connectivity index (χ4n) is 3.18. The first-order valence-electron chi connectivity index (χ1n) is 7.69. The number of aromatic nitrogens is 2. The van der Waals surface area contributed by atoms with E-state index < -0.39 is 17.2 Å². The van der Waals surface area contributed by atoms with Crippen molar-refractivity contribution in [2.75, 3.05) is 0 Å². The molecule has 1 aliphatic rings. The molecule has 0 spiro atoms. The molecule has 3 heterocycles. The zero-order valence-electron chi connectivity index (χ0n) is 12.8. The van der Waals surface area contributed by atoms with E-state index in [9.17, 15) is 14.7 Å². The minimum absolute atomic E-state index is 0.212. The molecule has 2 aromatic heterocycles. The van der Waals surface area contributed by atoms with Crippen molar-refractivity contribution in [3.63, 3.8) is 0 Å². The number of benzene rings is 1. The molecule has 24 heavy (non-hydrogen) atoms. The molecule has 0 unspecified atom stereocenters. The summed E-state index contributed by atoms with van der Waals surface area (Å²) in [5.74, 6) is -1.14. The molecule has 1 N–H and O–H groups in total. The fourth-order valence-corrected chi connectivity index (χ4v) is 3.18. The smallest absolute Gasteiger partial charge is 0.263 e. The summed E-state index contributed by atoms with van der Waals surface area (Å²) in [5.41, 5.74) is 1.61. The number of hydrogen-bond donors (Lipinski definition) is 1. The molecular formula is C18H14N3O3-. The lowest BCUT2D eigenvalue weighted by atomic mass is 10.1. The van der Waals surface area contributed by atoms with E-state index in [1.54, 1.807) is 30.6 Å². The van der Waals surface area contributed by atoms with Crippen LogP contribution in [0.3, 0.4) is 0 Å². The fraction of sp³-hybridized carbons (Fsp3) is 0.167. The molecule has 6 nitrogen and oxygen atoms in total. The second kappa shape index (κ2) is 5.49. The summed E-state index contributed by atoms with van der Waals surface area (Å²) in [6, 6.07) is 8.93. The predicted octanol–water partition coefficient (Wildman–Crippen LogP) is 0.956. The van der Waals surface area contributed by atoms with Crippen LogP contribution in [-0.4, -0.2) is 15.5 Å². The van der Waals surface area contributed by atoms with Gasteiger partial charge in [-0.3, -0.25) is 14.6 Å². The number of pyridine rings is 2. The number of para-hydroxylation sites is 1. The number of carbonyl (C=O) groups excluding carboxylic acids is 1. The molecule has 1 amide bonds. The first-order valence-corrected chi connectivity index (χ1v) is 7.69. The Morgan fingerprint density at radius 1 is 1.29 bits per heavy atom. The van der Waals surface area contributed by atoms with Crippen LogP contribution in [0.25, 0.3) is 10.9 Å². The number of rotatable bonds is 3. The summed E-state index contributed by atoms with van der Waals surface area (Å²) in [6.45, 7) is 0.710. The van der Waals surface area contributed by atoms with E-state index in [0.717, 1.165) is 11.1 Å². The third-order valence-corrected chi connectivity index (χ3v) is 4.33. The Balaban J connectivity index is 1.75. The SMILES string of the molecule is O=C(NCc1cccnc1)c1c([O-])c2cccc3c2n(c1=O)CC3. The first-order chi connectivity index (χ1) is 11.7. The third kappa shape index (κ3) is 2.15. The van der Waals surface area contributed by atoms with Crippen LogP contribution in [0, 0.1) is 0 Å². The molecule has 1 aromatic carbocycles. The van der Waals surface area contributed by atoms with Gasteiger partial charge in [-0.05, 0) is 29.0 Å². The number of amides is 1. The molecule has 0 radical (unpaired) electrons. The minimum Gasteiger partial charge on any atom is -0.871 e. The molecule has 0 bridgehead atoms. The number of nitrogens with zero attached hydrogens (tertiary/aromatic N) is 2. The highest BCUT2D eigenvalue weighted by Gasteiger charge is 2.22. The van der Waals surface area contributed by atoms with E-state index >= 15 is 0 Å². The maximum atomic E-state index is 12.6. The zero-order chi connectivity index (χ0) is 16.7. The van der Waals surface area contributed by atoms with Crippen LogP contribution in [0.5, 0.6) is 5.75 Å². The number of carbonyl (C=O) groups is 1. The van der Waals surface area contributed by atoms with Crippen LogP contribution in [0.1, 0.15) is 21.5 Å². The van der Waals surface area contributed by atoms with Crippen molar-refractivity contribution in [3.05, 3.63) is 69.8 Å². The summed E-state index contributed by atoms with van der Waals surface area (Å²) >= 11 is 0. The Labute approximate surface area is 137 Å². The van der Waals surface area contributed by atoms with E-state index in [1.165, 1.54) is 4.57 Å². The Morgan fingerprint density at radius 2 is 2.17 bits per heavy atom. The van der Waals surface area contributed by atoms with Crippen LogP contribution < -0.4 is 16.0 Å². The van der Waals surface area contributed by atoms with Gasteiger partial charge in [0.2, 0.25) is 0 Å². The molecule has 4 rings (SSSR count). The van der Waals surface area contributed by atoms with Gasteiger partial charge in [0, 0.05) is 25.5 Å². The van der Waals surface area contributed by atoms with Gasteiger partial charge in [-0.15, -0.1) is 0 Å². The van der Waals surface area contributed by atoms with Crippen molar-refractivity contribution in [2.24, 2.45) is 0 Å². The van der Waals surface area contributed by atoms with Gasteiger partial charge in [0.1, 0.15) is 0 Å². The Morgan fingerprint density at radius 3 is 2.96 bits per heavy atom. The highest BCUT2D eigenvalue weighted by atomic mass is 16.3. The Bertz CT molecular complexity index is 1010. The Hall–Kier alpha value is -3.15. The van der Waals surface area contributed by atoms with Gasteiger partial charge in [0.05, 0.1) is 11.1 Å². The van der Waals surface area contributed by atoms with E-state index in [4.69, 9.17) is 0 Å². The van der Waals surface area contributed by atoms with Crippen LogP contribution in [0.4, 0.5) is 0 Å². The second-order valence-electron chi connectivity index (χ2n) is 5.77. The first kappa shape index (κ1) is 14.4. The number of aryl methyl sites for hydroxylation is 2. The van der Waals surface area contributed by atoms with Gasteiger partial charge < -0.3 is 15.0 Å². The normalized spacial score (nSPS) is 12.5. The standard InChI is InChI=1S/C18H15N3O3/c22-16-13-5-1-4-12-6-8-21(15(12)13)18(24)14(16)17(23)20-10-11-3-2-7-19-9-11/h1-5,7,9,22H,6,8,10H2,(H,20,23)/p-1. The lowest BCUT2D eigenvalue weighted by Gasteiger charge is -2.18. The largest absolute Gasteiger partial charge is 0.871 e. The molecule has 0 fully saturated rings. The van der Waals surface area contributed by atoms with Crippen LogP contribution in [0.2, 0.25) is 0 Å². The lowest BCUT2D eigenvalue weighted by molar-refractivity contribution is -0.266. The maximum Gasteiger partial charge on any atom is 0.263 e. The molecule has 1 aliphatic heterocycles. The van der Waals surface area contributed by atoms with Crippen molar-refractivity contribution in [3.8, 4) is 5.75 Å². The van der Waals surface area contributed by atoms with Crippen molar-refractivity contribution in [1.29, 1.82) is 0 Å². The summed E-state index contributed by atoms with van der Waals surface area (Å²) in [5, 5.41) is 15.7. The van der Waals surface area contributed by atoms with Crippen molar-refractivity contribution in [2.45, 2.75) is 19.5 Å². The lowest BCUT2D eigenvalue weighted by Crippen LogP contribution is -2.33. The van der Waals surface area contributed by atoms with Crippen molar-refractivity contribution in [1.82, 2.24) is 14.9 Å². The monoisotopic (exact) mass is 320 g/mol. The molecule has 0 saturated heterocycles. The zero-order valence-corrected chi connectivity index (χ0v) is 12.8. The quantitative estimate of drug-likeness (QED) is 0.778. The third-order valence-electron chi connectivity index (χ3n) is 4.33. The van der Waals surface area contributed by atoms with Crippen LogP contribution in [-0.2, 0) is 19.5 Å². The molecule has 0 aliphatic carbocycles. The second-order valence-corrected chi connectivity index (χ2v) is 5.77. The summed E-state index contributed by atoms with van der Waals surface area (Å²) < 4.78 is 1.53. The molecule has 6 heteroatoms. The van der Waals surface area contributed by atoms with Gasteiger partial charge in [0.15, 0.2) is 0 Å². The Kier molecular flexibility index (Phi) is 3.30. The minimum atomic E-state index is -0.642. The van der Waals surface area contributed by atoms with Gasteiger partial charge in [-0.25, -0.2) is 0 Å². The summed E-state index contributed by atoms with van der Waals surface area (Å²) in [6.07, 6.45) is 3.96. The summed E-state index contributed by atoms with van der Waals surface area (Å²) in [4.78, 5) is 29.0. The van der Waals surface area contributed by atoms with Crippen molar-refractivity contribution < 1.29 is 9.90 Å². The van der Waals surface area contributed by atoms with Crippen LogP contribution >= 0.6 is 0 Å². The predicted molar refractivity (Wildman–Crippen MR) is 86.8 cm³/mol. The topological polar surface area (TPSA) is 87.0 Å². The van der Waals surface area contributed by atoms with E-state index in [-0.39, 0.29) is 12.1 Å². The van der Waals surface area contributed by atoms with E-state index in [2.05, 4.69) is 10.3 Å². The molecule has 120 valence electrons. The van der Waals surface area contributed by atoms with Gasteiger partial charge in [0.25, 0.3) is 11.5 Å². The van der Waals surface area contributed by atoms with Crippen LogP contribution in [0.15, 0.2) is 47.5 Å². The molecular weight excluding hydrogens is 306 g/mol. The highest BCUT2D eigenvalue weighted by Crippen LogP contribution is 2.30. The molecule has 0 saturated carbocycles. The molecule has 0 atom stereocenters. The van der Waals surface area contributed by atoms with Gasteiger partial charge in [-0.1, -0.05) is 30.0 Å². The number of nitrogens with one attached hydrogen (secondary N) is 1. The summed E-state index contributed by atoms with van der Waals surface area (Å²) in [7, 11) is 0. The average molecular weight is 320 g/mol. The molecule has 3 aromatic rings. The van der Waals surface area contributed by atoms with Gasteiger partial charge >= 0.3 is 0 Å². The van der Waals surface area contributed by atoms with Gasteiger partial charge in [-0.2, -0.15) is 0 Å².